The fourth-order valence-electron chi connectivity index (χ4n) is 3.77. The summed E-state index contributed by atoms with van der Waals surface area (Å²) in [6.45, 7) is 1.26. The number of fused-ring (bicyclic) bond motifs is 1. The molecule has 1 saturated heterocycles. The van der Waals surface area contributed by atoms with Crippen LogP contribution in [0.4, 0.5) is 0 Å². The van der Waals surface area contributed by atoms with Crippen molar-refractivity contribution in [2.24, 2.45) is 0 Å². The zero-order valence-electron chi connectivity index (χ0n) is 14.4. The standard InChI is InChI=1S/C21H20BrNO3/c22-16-7-5-15(6-8-16)13-20(25)23-11-9-21(10-12-23)14-18(24)17-3-1-2-4-19(17)26-21/h1-8H,9-14H2. The highest BCUT2D eigenvalue weighted by atomic mass is 79.9. The number of piperidine rings is 1. The Morgan fingerprint density at radius 3 is 2.50 bits per heavy atom. The van der Waals surface area contributed by atoms with Gasteiger partial charge in [0.1, 0.15) is 11.4 Å². The molecule has 0 N–H and O–H groups in total. The summed E-state index contributed by atoms with van der Waals surface area (Å²) >= 11 is 3.41. The van der Waals surface area contributed by atoms with Gasteiger partial charge < -0.3 is 9.64 Å². The Labute approximate surface area is 161 Å². The summed E-state index contributed by atoms with van der Waals surface area (Å²) in [6.07, 6.45) is 2.19. The Morgan fingerprint density at radius 1 is 1.08 bits per heavy atom. The van der Waals surface area contributed by atoms with Gasteiger partial charge in [-0.2, -0.15) is 0 Å². The van der Waals surface area contributed by atoms with E-state index in [1.807, 2.05) is 53.4 Å². The van der Waals surface area contributed by atoms with Gasteiger partial charge in [0, 0.05) is 30.4 Å². The number of hydrogen-bond acceptors (Lipinski definition) is 3. The van der Waals surface area contributed by atoms with Gasteiger partial charge in [-0.1, -0.05) is 40.2 Å². The van der Waals surface area contributed by atoms with Crippen LogP contribution in [0.5, 0.6) is 5.75 Å². The molecule has 134 valence electrons. The van der Waals surface area contributed by atoms with Crippen LogP contribution in [0.3, 0.4) is 0 Å². The quantitative estimate of drug-likeness (QED) is 0.746. The van der Waals surface area contributed by atoms with Gasteiger partial charge in [-0.3, -0.25) is 9.59 Å². The molecule has 2 aliphatic rings. The Balaban J connectivity index is 1.40. The number of halogens is 1. The van der Waals surface area contributed by atoms with E-state index in [1.54, 1.807) is 0 Å². The summed E-state index contributed by atoms with van der Waals surface area (Å²) in [7, 11) is 0. The van der Waals surface area contributed by atoms with Crippen LogP contribution in [-0.2, 0) is 11.2 Å². The van der Waals surface area contributed by atoms with Crippen LogP contribution >= 0.6 is 15.9 Å². The first-order chi connectivity index (χ1) is 12.5. The summed E-state index contributed by atoms with van der Waals surface area (Å²) in [5, 5.41) is 0. The molecule has 0 bridgehead atoms. The highest BCUT2D eigenvalue weighted by molar-refractivity contribution is 9.10. The summed E-state index contributed by atoms with van der Waals surface area (Å²) < 4.78 is 7.23. The molecule has 2 aromatic carbocycles. The molecule has 26 heavy (non-hydrogen) atoms. The Morgan fingerprint density at radius 2 is 1.77 bits per heavy atom. The molecule has 0 aromatic heterocycles. The minimum absolute atomic E-state index is 0.129. The molecule has 0 saturated carbocycles. The average Bonchev–Trinajstić information content (AvgIpc) is 2.64. The van der Waals surface area contributed by atoms with E-state index in [2.05, 4.69) is 15.9 Å². The number of benzene rings is 2. The largest absolute Gasteiger partial charge is 0.486 e. The highest BCUT2D eigenvalue weighted by Crippen LogP contribution is 2.39. The van der Waals surface area contributed by atoms with Gasteiger partial charge in [0.15, 0.2) is 5.78 Å². The summed E-state index contributed by atoms with van der Waals surface area (Å²) in [5.41, 5.74) is 1.23. The van der Waals surface area contributed by atoms with Crippen molar-refractivity contribution in [3.05, 3.63) is 64.1 Å². The first-order valence-corrected chi connectivity index (χ1v) is 9.67. The number of carbonyl (C=O) groups excluding carboxylic acids is 2. The predicted octanol–water partition coefficient (Wildman–Crippen LogP) is 4.02. The van der Waals surface area contributed by atoms with E-state index in [4.69, 9.17) is 4.74 Å². The number of carbonyl (C=O) groups is 2. The second kappa shape index (κ2) is 6.88. The van der Waals surface area contributed by atoms with E-state index in [1.165, 1.54) is 0 Å². The molecule has 2 aromatic rings. The van der Waals surface area contributed by atoms with Crippen LogP contribution < -0.4 is 4.74 Å². The molecule has 4 nitrogen and oxygen atoms in total. The zero-order valence-corrected chi connectivity index (χ0v) is 16.0. The van der Waals surface area contributed by atoms with Crippen LogP contribution in [0.15, 0.2) is 53.0 Å². The van der Waals surface area contributed by atoms with Crippen LogP contribution in [0.2, 0.25) is 0 Å². The smallest absolute Gasteiger partial charge is 0.226 e. The molecule has 2 aliphatic heterocycles. The number of Topliss-reactive ketones (excluding diaryl/α,β-unsaturated/α-hetero) is 1. The first-order valence-electron chi connectivity index (χ1n) is 8.88. The molecule has 5 heteroatoms. The molecule has 1 fully saturated rings. The molecule has 1 amide bonds. The Bertz CT molecular complexity index is 839. The zero-order chi connectivity index (χ0) is 18.1. The molecular formula is C21H20BrNO3. The first kappa shape index (κ1) is 17.3. The number of amides is 1. The normalized spacial score (nSPS) is 18.3. The SMILES string of the molecule is O=C1CC2(CCN(C(=O)Cc3ccc(Br)cc3)CC2)Oc2ccccc21. The van der Waals surface area contributed by atoms with Crippen LogP contribution in [-0.4, -0.2) is 35.3 Å². The maximum Gasteiger partial charge on any atom is 0.226 e. The number of ketones is 1. The van der Waals surface area contributed by atoms with Gasteiger partial charge >= 0.3 is 0 Å². The number of hydrogen-bond donors (Lipinski definition) is 0. The van der Waals surface area contributed by atoms with Gasteiger partial charge in [-0.05, 0) is 29.8 Å². The van der Waals surface area contributed by atoms with Crippen molar-refractivity contribution in [3.8, 4) is 5.75 Å². The summed E-state index contributed by atoms with van der Waals surface area (Å²) in [5.74, 6) is 0.949. The molecule has 0 radical (unpaired) electrons. The summed E-state index contributed by atoms with van der Waals surface area (Å²) in [4.78, 5) is 27.0. The Kier molecular flexibility index (Phi) is 4.57. The van der Waals surface area contributed by atoms with E-state index in [9.17, 15) is 9.59 Å². The molecule has 4 rings (SSSR count). The van der Waals surface area contributed by atoms with Crippen molar-refractivity contribution >= 4 is 27.6 Å². The van der Waals surface area contributed by atoms with Crippen LogP contribution in [0.1, 0.15) is 35.2 Å². The van der Waals surface area contributed by atoms with E-state index in [0.29, 0.717) is 50.1 Å². The van der Waals surface area contributed by atoms with E-state index in [0.717, 1.165) is 10.0 Å². The lowest BCUT2D eigenvalue weighted by Crippen LogP contribution is -2.52. The molecule has 1 spiro atoms. The predicted molar refractivity (Wildman–Crippen MR) is 102 cm³/mol. The van der Waals surface area contributed by atoms with Crippen molar-refractivity contribution in [3.63, 3.8) is 0 Å². The van der Waals surface area contributed by atoms with Crippen molar-refractivity contribution < 1.29 is 14.3 Å². The van der Waals surface area contributed by atoms with Gasteiger partial charge in [0.05, 0.1) is 18.4 Å². The van der Waals surface area contributed by atoms with Crippen molar-refractivity contribution in [1.82, 2.24) is 4.90 Å². The number of rotatable bonds is 2. The van der Waals surface area contributed by atoms with E-state index < -0.39 is 5.60 Å². The number of nitrogens with zero attached hydrogens (tertiary/aromatic N) is 1. The van der Waals surface area contributed by atoms with Gasteiger partial charge in [-0.15, -0.1) is 0 Å². The number of ether oxygens (including phenoxy) is 1. The van der Waals surface area contributed by atoms with Gasteiger partial charge in [0.2, 0.25) is 5.91 Å². The second-order valence-electron chi connectivity index (χ2n) is 7.07. The van der Waals surface area contributed by atoms with E-state index >= 15 is 0 Å². The summed E-state index contributed by atoms with van der Waals surface area (Å²) in [6, 6.07) is 15.3. The average molecular weight is 414 g/mol. The second-order valence-corrected chi connectivity index (χ2v) is 7.98. The molecule has 2 heterocycles. The monoisotopic (exact) mass is 413 g/mol. The maximum atomic E-state index is 12.6. The third-order valence-corrected chi connectivity index (χ3v) is 5.82. The Hall–Kier alpha value is -2.14. The molecular weight excluding hydrogens is 394 g/mol. The van der Waals surface area contributed by atoms with Crippen molar-refractivity contribution in [1.29, 1.82) is 0 Å². The van der Waals surface area contributed by atoms with E-state index in [-0.39, 0.29) is 11.7 Å². The lowest BCUT2D eigenvalue weighted by atomic mass is 9.82. The third kappa shape index (κ3) is 3.40. The van der Waals surface area contributed by atoms with Gasteiger partial charge in [-0.25, -0.2) is 0 Å². The highest BCUT2D eigenvalue weighted by Gasteiger charge is 2.43. The topological polar surface area (TPSA) is 46.6 Å². The fraction of sp³-hybridized carbons (Fsp3) is 0.333. The minimum Gasteiger partial charge on any atom is -0.486 e. The number of likely N-dealkylation sites (tertiary alicyclic amines) is 1. The molecule has 0 atom stereocenters. The molecule has 0 aliphatic carbocycles. The lowest BCUT2D eigenvalue weighted by molar-refractivity contribution is -0.134. The van der Waals surface area contributed by atoms with Crippen LogP contribution in [0.25, 0.3) is 0 Å². The van der Waals surface area contributed by atoms with Crippen molar-refractivity contribution in [2.75, 3.05) is 13.1 Å². The third-order valence-electron chi connectivity index (χ3n) is 5.29. The lowest BCUT2D eigenvalue weighted by Gasteiger charge is -2.44. The van der Waals surface area contributed by atoms with Gasteiger partial charge in [0.25, 0.3) is 0 Å². The molecule has 0 unspecified atom stereocenters. The number of para-hydroxylation sites is 1. The van der Waals surface area contributed by atoms with Crippen molar-refractivity contribution in [2.45, 2.75) is 31.3 Å². The maximum absolute atomic E-state index is 12.6. The minimum atomic E-state index is -0.459. The fourth-order valence-corrected chi connectivity index (χ4v) is 4.04. The van der Waals surface area contributed by atoms with Crippen LogP contribution in [0, 0.1) is 0 Å².